The molecule has 1 aliphatic heterocycles. The summed E-state index contributed by atoms with van der Waals surface area (Å²) in [5, 5.41) is 55.0. The Hall–Kier alpha value is -1.46. The maximum absolute atomic E-state index is 13.0. The lowest BCUT2D eigenvalue weighted by Crippen LogP contribution is -2.61. The van der Waals surface area contributed by atoms with Gasteiger partial charge in [0.05, 0.1) is 25.4 Å². The molecule has 0 aromatic heterocycles. The van der Waals surface area contributed by atoms with Crippen molar-refractivity contribution in [3.63, 3.8) is 0 Å². The van der Waals surface area contributed by atoms with Crippen molar-refractivity contribution in [1.29, 1.82) is 0 Å². The number of unbranched alkanes of at least 4 members (excludes halogenated alkanes) is 22. The number of nitrogens with one attached hydrogen (secondary N) is 1. The van der Waals surface area contributed by atoms with Gasteiger partial charge in [-0.3, -0.25) is 9.35 Å². The number of carbonyl (C=O) groups excluding carboxylic acids is 1. The van der Waals surface area contributed by atoms with E-state index in [0.29, 0.717) is 12.8 Å². The van der Waals surface area contributed by atoms with Gasteiger partial charge < -0.3 is 40.3 Å². The fourth-order valence-electron chi connectivity index (χ4n) is 7.01. The molecule has 0 aliphatic carbocycles. The number of hydrogen-bond donors (Lipinski definition) is 7. The van der Waals surface area contributed by atoms with E-state index in [9.17, 15) is 38.7 Å². The van der Waals surface area contributed by atoms with Crippen molar-refractivity contribution in [1.82, 2.24) is 5.32 Å². The normalized spacial score (nSPS) is 22.0. The van der Waals surface area contributed by atoms with Gasteiger partial charge in [-0.05, 0) is 32.1 Å². The first-order chi connectivity index (χ1) is 27.4. The summed E-state index contributed by atoms with van der Waals surface area (Å²) in [4.78, 5) is 13.0. The number of aliphatic hydroxyl groups is 5. The maximum Gasteiger partial charge on any atom is 0.397 e. The SMILES string of the molecule is CCCCCCCCCCCCC/C=C/CC/C=C/C(O)C(COC1OC(CO)C(O)C(OS(=O)(=O)O)C1O)NC(=O)C(O)CCCCCCCCCCCCC. The highest BCUT2D eigenvalue weighted by molar-refractivity contribution is 7.80. The highest BCUT2D eigenvalue weighted by Gasteiger charge is 2.48. The zero-order chi connectivity index (χ0) is 42.2. The van der Waals surface area contributed by atoms with E-state index < -0.39 is 78.5 Å². The molecule has 0 bridgehead atoms. The first kappa shape index (κ1) is 53.6. The highest BCUT2D eigenvalue weighted by Crippen LogP contribution is 2.26. The van der Waals surface area contributed by atoms with Crippen molar-refractivity contribution in [2.75, 3.05) is 13.2 Å². The van der Waals surface area contributed by atoms with E-state index >= 15 is 0 Å². The Morgan fingerprint density at radius 1 is 0.702 bits per heavy atom. The Labute approximate surface area is 345 Å². The molecule has 1 saturated heterocycles. The van der Waals surface area contributed by atoms with Crippen LogP contribution in [0.1, 0.15) is 181 Å². The molecule has 0 aromatic carbocycles. The third-order valence-electron chi connectivity index (χ3n) is 10.6. The van der Waals surface area contributed by atoms with Crippen LogP contribution in [0, 0.1) is 0 Å². The van der Waals surface area contributed by atoms with Crippen LogP contribution in [-0.2, 0) is 28.9 Å². The molecule has 1 heterocycles. The molecule has 13 nitrogen and oxygen atoms in total. The number of rotatable bonds is 37. The number of amides is 1. The molecule has 7 N–H and O–H groups in total. The Kier molecular flexibility index (Phi) is 32.2. The number of carbonyl (C=O) groups is 1. The van der Waals surface area contributed by atoms with Crippen molar-refractivity contribution in [2.45, 2.75) is 230 Å². The van der Waals surface area contributed by atoms with E-state index in [1.807, 2.05) is 0 Å². The number of ether oxygens (including phenoxy) is 2. The summed E-state index contributed by atoms with van der Waals surface area (Å²) in [6, 6.07) is -1.13. The Balaban J connectivity index is 2.64. The van der Waals surface area contributed by atoms with Gasteiger partial charge in [-0.1, -0.05) is 173 Å². The van der Waals surface area contributed by atoms with Crippen LogP contribution >= 0.6 is 0 Å². The van der Waals surface area contributed by atoms with Crippen LogP contribution in [0.2, 0.25) is 0 Å². The summed E-state index contributed by atoms with van der Waals surface area (Å²) in [5.41, 5.74) is 0. The van der Waals surface area contributed by atoms with Gasteiger partial charge in [-0.25, -0.2) is 4.18 Å². The van der Waals surface area contributed by atoms with Gasteiger partial charge in [-0.2, -0.15) is 8.42 Å². The summed E-state index contributed by atoms with van der Waals surface area (Å²) >= 11 is 0. The summed E-state index contributed by atoms with van der Waals surface area (Å²) in [6.07, 6.45) is 25.6. The first-order valence-electron chi connectivity index (χ1n) is 22.3. The standard InChI is InChI=1S/C43H81NO12S/c1-3-5-7-9-11-13-15-16-17-18-19-20-22-23-25-27-29-31-36(46)35(34-54-43-40(49)41(56-57(51,52)53)39(48)38(33-45)55-43)44-42(50)37(47)32-30-28-26-24-21-14-12-10-8-6-4-2/h22-23,29,31,35-41,43,45-49H,3-21,24-28,30,32-34H2,1-2H3,(H,44,50)(H,51,52,53)/b23-22+,31-29+. The van der Waals surface area contributed by atoms with Gasteiger partial charge in [0.25, 0.3) is 0 Å². The van der Waals surface area contributed by atoms with Crippen molar-refractivity contribution >= 4 is 16.3 Å². The molecule has 1 fully saturated rings. The zero-order valence-corrected chi connectivity index (χ0v) is 36.1. The van der Waals surface area contributed by atoms with Gasteiger partial charge in [0.2, 0.25) is 5.91 Å². The molecule has 1 rings (SSSR count). The molecular formula is C43H81NO12S. The Bertz CT molecular complexity index is 1140. The first-order valence-corrected chi connectivity index (χ1v) is 23.7. The fraction of sp³-hybridized carbons (Fsp3) is 0.884. The summed E-state index contributed by atoms with van der Waals surface area (Å²) in [7, 11) is -5.12. The van der Waals surface area contributed by atoms with Crippen LogP contribution in [-0.4, -0.2) is 107 Å². The van der Waals surface area contributed by atoms with E-state index in [1.54, 1.807) is 6.08 Å². The molecule has 14 heteroatoms. The lowest BCUT2D eigenvalue weighted by atomic mass is 9.99. The van der Waals surface area contributed by atoms with Gasteiger partial charge in [0.15, 0.2) is 6.29 Å². The summed E-state index contributed by atoms with van der Waals surface area (Å²) < 4.78 is 47.4. The van der Waals surface area contributed by atoms with Gasteiger partial charge >= 0.3 is 10.4 Å². The molecular weight excluding hydrogens is 755 g/mol. The second-order valence-corrected chi connectivity index (χ2v) is 16.8. The van der Waals surface area contributed by atoms with Crippen molar-refractivity contribution < 1.29 is 57.0 Å². The molecule has 8 unspecified atom stereocenters. The molecule has 336 valence electrons. The topological polar surface area (TPSA) is 212 Å². The second kappa shape index (κ2) is 34.3. The fourth-order valence-corrected chi connectivity index (χ4v) is 7.51. The third-order valence-corrected chi connectivity index (χ3v) is 11.1. The second-order valence-electron chi connectivity index (χ2n) is 15.8. The molecule has 1 aliphatic rings. The van der Waals surface area contributed by atoms with Crippen LogP contribution in [0.3, 0.4) is 0 Å². The lowest BCUT2D eigenvalue weighted by Gasteiger charge is -2.41. The van der Waals surface area contributed by atoms with E-state index in [2.05, 4.69) is 35.5 Å². The number of allylic oxidation sites excluding steroid dienone is 3. The van der Waals surface area contributed by atoms with Crippen LogP contribution in [0.25, 0.3) is 0 Å². The van der Waals surface area contributed by atoms with Crippen LogP contribution in [0.5, 0.6) is 0 Å². The third kappa shape index (κ3) is 27.1. The number of hydrogen-bond acceptors (Lipinski definition) is 11. The maximum atomic E-state index is 13.0. The van der Waals surface area contributed by atoms with Crippen LogP contribution in [0.15, 0.2) is 24.3 Å². The molecule has 8 atom stereocenters. The van der Waals surface area contributed by atoms with Crippen molar-refractivity contribution in [3.05, 3.63) is 24.3 Å². The average Bonchev–Trinajstić information content (AvgIpc) is 3.18. The van der Waals surface area contributed by atoms with Crippen molar-refractivity contribution in [2.24, 2.45) is 0 Å². The molecule has 0 saturated carbocycles. The van der Waals surface area contributed by atoms with Crippen molar-refractivity contribution in [3.8, 4) is 0 Å². The van der Waals surface area contributed by atoms with E-state index in [-0.39, 0.29) is 6.42 Å². The molecule has 0 aromatic rings. The van der Waals surface area contributed by atoms with E-state index in [1.165, 1.54) is 115 Å². The van der Waals surface area contributed by atoms with Gasteiger partial charge in [0.1, 0.15) is 30.5 Å². The highest BCUT2D eigenvalue weighted by atomic mass is 32.3. The molecule has 57 heavy (non-hydrogen) atoms. The Morgan fingerprint density at radius 2 is 1.18 bits per heavy atom. The molecule has 0 radical (unpaired) electrons. The predicted molar refractivity (Wildman–Crippen MR) is 224 cm³/mol. The average molecular weight is 836 g/mol. The largest absolute Gasteiger partial charge is 0.397 e. The predicted octanol–water partition coefficient (Wildman–Crippen LogP) is 7.13. The zero-order valence-electron chi connectivity index (χ0n) is 35.3. The van der Waals surface area contributed by atoms with Crippen LogP contribution in [0.4, 0.5) is 0 Å². The van der Waals surface area contributed by atoms with E-state index in [0.717, 1.165) is 38.5 Å². The number of aliphatic hydroxyl groups excluding tert-OH is 5. The minimum atomic E-state index is -5.12. The minimum absolute atomic E-state index is 0.239. The van der Waals surface area contributed by atoms with Crippen LogP contribution < -0.4 is 5.32 Å². The van der Waals surface area contributed by atoms with E-state index in [4.69, 9.17) is 14.0 Å². The van der Waals surface area contributed by atoms with Gasteiger partial charge in [0, 0.05) is 0 Å². The smallest absolute Gasteiger partial charge is 0.394 e. The lowest BCUT2D eigenvalue weighted by molar-refractivity contribution is -0.298. The quantitative estimate of drug-likeness (QED) is 0.0189. The Morgan fingerprint density at radius 3 is 1.68 bits per heavy atom. The summed E-state index contributed by atoms with van der Waals surface area (Å²) in [5.74, 6) is -0.713. The monoisotopic (exact) mass is 836 g/mol. The molecule has 1 amide bonds. The summed E-state index contributed by atoms with van der Waals surface area (Å²) in [6.45, 7) is 3.18. The van der Waals surface area contributed by atoms with Gasteiger partial charge in [-0.15, -0.1) is 0 Å². The minimum Gasteiger partial charge on any atom is -0.394 e. The molecule has 0 spiro atoms.